The van der Waals surface area contributed by atoms with Crippen molar-refractivity contribution >= 4 is 17.4 Å². The summed E-state index contributed by atoms with van der Waals surface area (Å²) in [5.41, 5.74) is 3.29. The number of benzene rings is 1. The molecule has 2 aliphatic heterocycles. The largest absolute Gasteiger partial charge is 0.379 e. The van der Waals surface area contributed by atoms with Crippen molar-refractivity contribution < 1.29 is 14.0 Å². The van der Waals surface area contributed by atoms with Crippen LogP contribution < -0.4 is 10.5 Å². The summed E-state index contributed by atoms with van der Waals surface area (Å²) < 4.78 is 21.8. The van der Waals surface area contributed by atoms with Crippen molar-refractivity contribution in [3.63, 3.8) is 0 Å². The third-order valence-electron chi connectivity index (χ3n) is 6.72. The maximum Gasteiger partial charge on any atom is 0.255 e. The second-order valence-electron chi connectivity index (χ2n) is 9.18. The molecule has 1 aromatic carbocycles. The van der Waals surface area contributed by atoms with Gasteiger partial charge in [0.25, 0.3) is 5.56 Å². The SMILES string of the molecule is CC1=NOC(c2ccc(C3COCCN(c4nc(-c5ccncc5F)cc(=O)n4C)C3)cc2)=CC1C. The van der Waals surface area contributed by atoms with E-state index in [0.717, 1.165) is 28.8 Å². The Labute approximate surface area is 208 Å². The summed E-state index contributed by atoms with van der Waals surface area (Å²) in [6, 6.07) is 11.1. The zero-order valence-electron chi connectivity index (χ0n) is 20.5. The zero-order valence-corrected chi connectivity index (χ0v) is 20.5. The molecule has 0 saturated carbocycles. The van der Waals surface area contributed by atoms with Crippen molar-refractivity contribution in [2.75, 3.05) is 31.2 Å². The Morgan fingerprint density at radius 3 is 2.72 bits per heavy atom. The molecule has 36 heavy (non-hydrogen) atoms. The highest BCUT2D eigenvalue weighted by atomic mass is 19.1. The van der Waals surface area contributed by atoms with Crippen molar-refractivity contribution in [1.82, 2.24) is 14.5 Å². The first-order valence-corrected chi connectivity index (χ1v) is 11.9. The first-order chi connectivity index (χ1) is 17.4. The van der Waals surface area contributed by atoms with Crippen molar-refractivity contribution in [3.8, 4) is 11.3 Å². The van der Waals surface area contributed by atoms with E-state index in [0.29, 0.717) is 32.3 Å². The van der Waals surface area contributed by atoms with Gasteiger partial charge in [-0.3, -0.25) is 14.3 Å². The molecule has 0 spiro atoms. The number of rotatable bonds is 4. The molecule has 0 bridgehead atoms. The van der Waals surface area contributed by atoms with Crippen molar-refractivity contribution in [1.29, 1.82) is 0 Å². The summed E-state index contributed by atoms with van der Waals surface area (Å²) >= 11 is 0. The predicted molar refractivity (Wildman–Crippen MR) is 136 cm³/mol. The number of hydrogen-bond acceptors (Lipinski definition) is 7. The van der Waals surface area contributed by atoms with E-state index in [1.54, 1.807) is 7.05 Å². The molecule has 1 saturated heterocycles. The van der Waals surface area contributed by atoms with Gasteiger partial charge in [0.05, 0.1) is 30.8 Å². The first kappa shape index (κ1) is 23.9. The number of ether oxygens (including phenoxy) is 1. The van der Waals surface area contributed by atoms with Gasteiger partial charge in [0, 0.05) is 55.4 Å². The molecule has 186 valence electrons. The van der Waals surface area contributed by atoms with Crippen molar-refractivity contribution in [3.05, 3.63) is 82.2 Å². The summed E-state index contributed by atoms with van der Waals surface area (Å²) in [5.74, 6) is 0.989. The molecule has 2 atom stereocenters. The molecule has 9 heteroatoms. The molecular weight excluding hydrogens is 461 g/mol. The number of aromatic nitrogens is 3. The van der Waals surface area contributed by atoms with Gasteiger partial charge >= 0.3 is 0 Å². The summed E-state index contributed by atoms with van der Waals surface area (Å²) in [7, 11) is 1.68. The van der Waals surface area contributed by atoms with Crippen LogP contribution in [0.1, 0.15) is 30.9 Å². The Morgan fingerprint density at radius 2 is 1.97 bits per heavy atom. The Bertz CT molecular complexity index is 1380. The number of pyridine rings is 1. The number of oxime groups is 1. The quantitative estimate of drug-likeness (QED) is 0.551. The molecule has 3 aromatic rings. The van der Waals surface area contributed by atoms with Crippen LogP contribution in [-0.2, 0) is 16.6 Å². The van der Waals surface area contributed by atoms with Gasteiger partial charge in [0.1, 0.15) is 0 Å². The highest BCUT2D eigenvalue weighted by Gasteiger charge is 2.24. The predicted octanol–water partition coefficient (Wildman–Crippen LogP) is 3.98. The van der Waals surface area contributed by atoms with E-state index < -0.39 is 5.82 Å². The third kappa shape index (κ3) is 4.79. The molecule has 8 nitrogen and oxygen atoms in total. The summed E-state index contributed by atoms with van der Waals surface area (Å²) in [4.78, 5) is 28.8. The first-order valence-electron chi connectivity index (χ1n) is 11.9. The number of hydrogen-bond donors (Lipinski definition) is 0. The molecule has 2 unspecified atom stereocenters. The molecule has 2 aromatic heterocycles. The molecule has 0 radical (unpaired) electrons. The molecule has 1 fully saturated rings. The monoisotopic (exact) mass is 489 g/mol. The summed E-state index contributed by atoms with van der Waals surface area (Å²) in [5, 5.41) is 4.15. The smallest absolute Gasteiger partial charge is 0.255 e. The second kappa shape index (κ2) is 10.0. The Kier molecular flexibility index (Phi) is 6.65. The van der Waals surface area contributed by atoms with Crippen molar-refractivity contribution in [2.24, 2.45) is 18.1 Å². The lowest BCUT2D eigenvalue weighted by Crippen LogP contribution is -2.35. The van der Waals surface area contributed by atoms with Crippen LogP contribution in [0.5, 0.6) is 0 Å². The van der Waals surface area contributed by atoms with Gasteiger partial charge in [-0.15, -0.1) is 0 Å². The van der Waals surface area contributed by atoms with Crippen LogP contribution >= 0.6 is 0 Å². The van der Waals surface area contributed by atoms with Crippen LogP contribution in [0.15, 0.2) is 64.8 Å². The van der Waals surface area contributed by atoms with Gasteiger partial charge in [-0.2, -0.15) is 0 Å². The second-order valence-corrected chi connectivity index (χ2v) is 9.18. The Balaban J connectivity index is 1.41. The summed E-state index contributed by atoms with van der Waals surface area (Å²) in [6.45, 7) is 6.24. The number of anilines is 1. The number of nitrogens with zero attached hydrogens (tertiary/aromatic N) is 5. The molecular formula is C27H28FN5O3. The van der Waals surface area contributed by atoms with E-state index in [-0.39, 0.29) is 28.7 Å². The van der Waals surface area contributed by atoms with Gasteiger partial charge in [0.2, 0.25) is 5.95 Å². The molecule has 4 heterocycles. The van der Waals surface area contributed by atoms with Crippen molar-refractivity contribution in [2.45, 2.75) is 19.8 Å². The summed E-state index contributed by atoms with van der Waals surface area (Å²) in [6.07, 6.45) is 4.67. The topological polar surface area (TPSA) is 81.8 Å². The third-order valence-corrected chi connectivity index (χ3v) is 6.72. The van der Waals surface area contributed by atoms with Gasteiger partial charge in [-0.05, 0) is 24.6 Å². The Morgan fingerprint density at radius 1 is 1.17 bits per heavy atom. The van der Waals surface area contributed by atoms with E-state index in [1.165, 1.54) is 22.9 Å². The fraction of sp³-hybridized carbons (Fsp3) is 0.333. The van der Waals surface area contributed by atoms with E-state index in [4.69, 9.17) is 9.57 Å². The lowest BCUT2D eigenvalue weighted by Gasteiger charge is -2.26. The normalized spacial score (nSPS) is 20.3. The lowest BCUT2D eigenvalue weighted by atomic mass is 9.97. The van der Waals surface area contributed by atoms with Crippen LogP contribution in [0.4, 0.5) is 10.3 Å². The van der Waals surface area contributed by atoms with Crippen LogP contribution in [0.3, 0.4) is 0 Å². The standard InChI is InChI=1S/C27H28FN5O3/c1-17-12-25(36-31-18(17)2)20-6-4-19(5-7-20)21-15-33(10-11-35-16-21)27-30-24(13-26(34)32(27)3)22-8-9-29-14-23(22)28/h4-9,12-14,17,21H,10-11,15-16H2,1-3H3. The van der Waals surface area contributed by atoms with Crippen LogP contribution in [-0.4, -0.2) is 46.6 Å². The maximum absolute atomic E-state index is 14.4. The van der Waals surface area contributed by atoms with E-state index >= 15 is 0 Å². The van der Waals surface area contributed by atoms with Gasteiger partial charge in [0.15, 0.2) is 11.6 Å². The lowest BCUT2D eigenvalue weighted by molar-refractivity contribution is 0.142. The average Bonchev–Trinajstić information content (AvgIpc) is 3.14. The highest BCUT2D eigenvalue weighted by molar-refractivity contribution is 5.88. The fourth-order valence-electron chi connectivity index (χ4n) is 4.38. The van der Waals surface area contributed by atoms with Gasteiger partial charge in [-0.1, -0.05) is 36.3 Å². The number of allylic oxidation sites excluding steroid dienone is 1. The molecule has 0 N–H and O–H groups in total. The average molecular weight is 490 g/mol. The maximum atomic E-state index is 14.4. The molecule has 5 rings (SSSR count). The zero-order chi connectivity index (χ0) is 25.2. The molecule has 2 aliphatic rings. The highest BCUT2D eigenvalue weighted by Crippen LogP contribution is 2.28. The van der Waals surface area contributed by atoms with Crippen LogP contribution in [0, 0.1) is 11.7 Å². The van der Waals surface area contributed by atoms with Gasteiger partial charge in [-0.25, -0.2) is 9.37 Å². The van der Waals surface area contributed by atoms with E-state index in [1.807, 2.05) is 24.0 Å². The number of halogens is 1. The van der Waals surface area contributed by atoms with E-state index in [9.17, 15) is 9.18 Å². The van der Waals surface area contributed by atoms with E-state index in [2.05, 4.69) is 40.3 Å². The van der Waals surface area contributed by atoms with Crippen LogP contribution in [0.25, 0.3) is 17.0 Å². The Hall–Kier alpha value is -3.85. The molecule has 0 aliphatic carbocycles. The molecule has 0 amide bonds. The fourth-order valence-corrected chi connectivity index (χ4v) is 4.38. The van der Waals surface area contributed by atoms with Crippen LogP contribution in [0.2, 0.25) is 0 Å². The minimum Gasteiger partial charge on any atom is -0.379 e. The minimum absolute atomic E-state index is 0.0558. The van der Waals surface area contributed by atoms with Gasteiger partial charge < -0.3 is 14.5 Å². The minimum atomic E-state index is -0.520.